The van der Waals surface area contributed by atoms with Gasteiger partial charge in [-0.15, -0.1) is 0 Å². The predicted octanol–water partition coefficient (Wildman–Crippen LogP) is 3.18. The summed E-state index contributed by atoms with van der Waals surface area (Å²) >= 11 is 0. The van der Waals surface area contributed by atoms with E-state index >= 15 is 0 Å². The van der Waals surface area contributed by atoms with Crippen LogP contribution in [-0.2, 0) is 14.2 Å². The number of isocyanates is 2. The minimum atomic E-state index is -4.41. The molecule has 1 N–H and O–H groups in total. The molecule has 0 aliphatic carbocycles. The summed E-state index contributed by atoms with van der Waals surface area (Å²) in [5.41, 5.74) is 0.653. The topological polar surface area (TPSA) is 115 Å². The lowest BCUT2D eigenvalue weighted by atomic mass is 10.3. The highest BCUT2D eigenvalue weighted by Crippen LogP contribution is 2.44. The molecule has 2 rings (SSSR count). The van der Waals surface area contributed by atoms with Crippen LogP contribution in [0.15, 0.2) is 58.5 Å². The molecule has 0 spiro atoms. The van der Waals surface area contributed by atoms with E-state index in [1.54, 1.807) is 0 Å². The molecular weight excluding hydrogens is 323 g/mol. The molecule has 9 heteroatoms. The van der Waals surface area contributed by atoms with Crippen molar-refractivity contribution in [3.05, 3.63) is 48.5 Å². The first-order valence-electron chi connectivity index (χ1n) is 6.10. The minimum Gasteiger partial charge on any atom is -0.395 e. The van der Waals surface area contributed by atoms with Crippen molar-refractivity contribution in [2.45, 2.75) is 0 Å². The first-order valence-corrected chi connectivity index (χ1v) is 7.60. The summed E-state index contributed by atoms with van der Waals surface area (Å²) in [7, 11) is -4.41. The Balaban J connectivity index is 2.07. The molecule has 0 saturated heterocycles. The van der Waals surface area contributed by atoms with Gasteiger partial charge in [-0.1, -0.05) is 0 Å². The summed E-state index contributed by atoms with van der Waals surface area (Å²) in [4.78, 5) is 36.7. The normalized spacial score (nSPS) is 12.2. The number of hydrogen-bond acceptors (Lipinski definition) is 7. The quantitative estimate of drug-likeness (QED) is 0.493. The van der Waals surface area contributed by atoms with Crippen molar-refractivity contribution in [1.29, 1.82) is 0 Å². The Morgan fingerprint density at radius 3 is 1.43 bits per heavy atom. The molecule has 116 valence electrons. The van der Waals surface area contributed by atoms with E-state index in [0.717, 1.165) is 0 Å². The second-order valence-corrected chi connectivity index (χ2v) is 5.35. The zero-order chi connectivity index (χ0) is 16.7. The van der Waals surface area contributed by atoms with Gasteiger partial charge in [-0.05, 0) is 48.5 Å². The van der Waals surface area contributed by atoms with Crippen molar-refractivity contribution in [2.75, 3.05) is 0 Å². The molecule has 0 heterocycles. The molecule has 23 heavy (non-hydrogen) atoms. The van der Waals surface area contributed by atoms with Gasteiger partial charge in [0.05, 0.1) is 11.4 Å². The van der Waals surface area contributed by atoms with Crippen molar-refractivity contribution in [3.8, 4) is 11.5 Å². The average molecular weight is 332 g/mol. The van der Waals surface area contributed by atoms with Crippen LogP contribution >= 0.6 is 7.82 Å². The fraction of sp³-hybridized carbons (Fsp3) is 0. The van der Waals surface area contributed by atoms with Crippen LogP contribution in [0.2, 0.25) is 0 Å². The lowest BCUT2D eigenvalue weighted by Gasteiger charge is -2.13. The van der Waals surface area contributed by atoms with E-state index in [4.69, 9.17) is 9.05 Å². The molecule has 0 fully saturated rings. The number of carbonyl (C=O) groups excluding carboxylic acids is 2. The third-order valence-electron chi connectivity index (χ3n) is 2.46. The van der Waals surface area contributed by atoms with Gasteiger partial charge in [-0.25, -0.2) is 14.2 Å². The monoisotopic (exact) mass is 332 g/mol. The van der Waals surface area contributed by atoms with Crippen LogP contribution in [0.5, 0.6) is 11.5 Å². The number of benzene rings is 2. The van der Waals surface area contributed by atoms with Crippen molar-refractivity contribution >= 4 is 31.4 Å². The van der Waals surface area contributed by atoms with Gasteiger partial charge in [-0.3, -0.25) is 4.89 Å². The number of phosphoric ester groups is 1. The number of phosphoric acid groups is 1. The van der Waals surface area contributed by atoms with Gasteiger partial charge in [-0.2, -0.15) is 9.98 Å². The molecule has 0 bridgehead atoms. The zero-order valence-electron chi connectivity index (χ0n) is 11.4. The van der Waals surface area contributed by atoms with Crippen LogP contribution in [-0.4, -0.2) is 17.1 Å². The van der Waals surface area contributed by atoms with E-state index < -0.39 is 7.82 Å². The van der Waals surface area contributed by atoms with Gasteiger partial charge < -0.3 is 9.05 Å². The maximum absolute atomic E-state index is 11.9. The maximum Gasteiger partial charge on any atom is 0.584 e. The molecule has 2 aromatic rings. The molecule has 0 aromatic heterocycles. The van der Waals surface area contributed by atoms with Crippen molar-refractivity contribution in [2.24, 2.45) is 9.98 Å². The Labute approximate surface area is 130 Å². The lowest BCUT2D eigenvalue weighted by molar-refractivity contribution is 0.291. The number of rotatable bonds is 6. The molecule has 0 amide bonds. The standard InChI is InChI=1S/C14H9N2O6P/c17-9-15-11-1-5-13(6-2-11)21-23(19,20)22-14-7-3-12(4-8-14)16-10-18/h1-8H,(H,19,20). The van der Waals surface area contributed by atoms with E-state index in [0.29, 0.717) is 11.4 Å². The smallest absolute Gasteiger partial charge is 0.395 e. The van der Waals surface area contributed by atoms with Crippen molar-refractivity contribution in [1.82, 2.24) is 0 Å². The lowest BCUT2D eigenvalue weighted by Crippen LogP contribution is -1.99. The Morgan fingerprint density at radius 2 is 1.13 bits per heavy atom. The first-order chi connectivity index (χ1) is 11.0. The zero-order valence-corrected chi connectivity index (χ0v) is 12.3. The predicted molar refractivity (Wildman–Crippen MR) is 79.5 cm³/mol. The second-order valence-electron chi connectivity index (χ2n) is 4.05. The fourth-order valence-electron chi connectivity index (χ4n) is 1.55. The number of aliphatic imine (C=N–C) groups is 2. The first kappa shape index (κ1) is 16.4. The molecular formula is C14H9N2O6P. The highest BCUT2D eigenvalue weighted by atomic mass is 31.2. The Hall–Kier alpha value is -3.01. The third-order valence-corrected chi connectivity index (χ3v) is 3.35. The van der Waals surface area contributed by atoms with Crippen LogP contribution in [0.4, 0.5) is 11.4 Å². The Morgan fingerprint density at radius 1 is 0.783 bits per heavy atom. The van der Waals surface area contributed by atoms with Crippen LogP contribution in [0.3, 0.4) is 0 Å². The van der Waals surface area contributed by atoms with Crippen molar-refractivity contribution in [3.63, 3.8) is 0 Å². The van der Waals surface area contributed by atoms with Crippen LogP contribution in [0, 0.1) is 0 Å². The second kappa shape index (κ2) is 7.31. The summed E-state index contributed by atoms with van der Waals surface area (Å²) in [5, 5.41) is 0. The fourth-order valence-corrected chi connectivity index (χ4v) is 2.37. The van der Waals surface area contributed by atoms with Gasteiger partial charge in [0, 0.05) is 0 Å². The third kappa shape index (κ3) is 5.04. The molecule has 0 saturated carbocycles. The van der Waals surface area contributed by atoms with Gasteiger partial charge in [0.1, 0.15) is 11.5 Å². The van der Waals surface area contributed by atoms with E-state index in [1.165, 1.54) is 60.7 Å². The highest BCUT2D eigenvalue weighted by Gasteiger charge is 2.25. The molecule has 0 aliphatic heterocycles. The van der Waals surface area contributed by atoms with E-state index in [1.807, 2.05) is 0 Å². The van der Waals surface area contributed by atoms with Gasteiger partial charge in [0.25, 0.3) is 0 Å². The maximum atomic E-state index is 11.9. The van der Waals surface area contributed by atoms with Gasteiger partial charge in [0.2, 0.25) is 12.2 Å². The molecule has 0 atom stereocenters. The summed E-state index contributed by atoms with van der Waals surface area (Å²) in [6, 6.07) is 11.0. The SMILES string of the molecule is O=C=Nc1ccc(OP(=O)(O)Oc2ccc(N=C=O)cc2)cc1. The molecule has 2 aromatic carbocycles. The summed E-state index contributed by atoms with van der Waals surface area (Å²) in [6.45, 7) is 0. The van der Waals surface area contributed by atoms with E-state index in [2.05, 4.69) is 9.98 Å². The van der Waals surface area contributed by atoms with Crippen LogP contribution in [0.25, 0.3) is 0 Å². The average Bonchev–Trinajstić information content (AvgIpc) is 2.51. The number of hydrogen-bond donors (Lipinski definition) is 1. The van der Waals surface area contributed by atoms with Gasteiger partial charge >= 0.3 is 7.82 Å². The van der Waals surface area contributed by atoms with E-state index in [9.17, 15) is 19.0 Å². The van der Waals surface area contributed by atoms with Crippen LogP contribution < -0.4 is 9.05 Å². The molecule has 0 unspecified atom stereocenters. The van der Waals surface area contributed by atoms with Gasteiger partial charge in [0.15, 0.2) is 0 Å². The van der Waals surface area contributed by atoms with E-state index in [-0.39, 0.29) is 11.5 Å². The largest absolute Gasteiger partial charge is 0.584 e. The molecule has 0 aliphatic rings. The summed E-state index contributed by atoms with van der Waals surface area (Å²) in [5.74, 6) is 0.116. The summed E-state index contributed by atoms with van der Waals surface area (Å²) in [6.07, 6.45) is 2.74. The van der Waals surface area contributed by atoms with Crippen LogP contribution in [0.1, 0.15) is 0 Å². The minimum absolute atomic E-state index is 0.0582. The molecule has 8 nitrogen and oxygen atoms in total. The Bertz CT molecular complexity index is 754. The van der Waals surface area contributed by atoms with Crippen molar-refractivity contribution < 1.29 is 28.1 Å². The summed E-state index contributed by atoms with van der Waals surface area (Å²) < 4.78 is 21.7. The Kier molecular flexibility index (Phi) is 5.20. The molecule has 0 radical (unpaired) electrons. The highest BCUT2D eigenvalue weighted by molar-refractivity contribution is 7.48. The number of nitrogens with zero attached hydrogens (tertiary/aromatic N) is 2.